The summed E-state index contributed by atoms with van der Waals surface area (Å²) in [6, 6.07) is 3.78. The van der Waals surface area contributed by atoms with Crippen molar-refractivity contribution in [3.8, 4) is 0 Å². The van der Waals surface area contributed by atoms with Crippen molar-refractivity contribution in [2.24, 2.45) is 0 Å². The topological polar surface area (TPSA) is 30.0 Å². The second kappa shape index (κ2) is 6.20. The molecule has 1 heterocycles. The first-order chi connectivity index (χ1) is 8.25. The molecular weight excluding hydrogens is 230 g/mol. The van der Waals surface area contributed by atoms with Crippen LogP contribution in [0.25, 0.3) is 0 Å². The molecule has 0 radical (unpaired) electrons. The lowest BCUT2D eigenvalue weighted by atomic mass is 10.0. The number of pyridine rings is 1. The maximum absolute atomic E-state index is 11.9. The normalized spacial score (nSPS) is 17.0. The van der Waals surface area contributed by atoms with Gasteiger partial charge >= 0.3 is 0 Å². The number of carbonyl (C=O) groups excluding carboxylic acids is 1. The number of rotatable bonds is 4. The maximum atomic E-state index is 11.9. The van der Waals surface area contributed by atoms with Gasteiger partial charge in [0.25, 0.3) is 0 Å². The first-order valence-corrected chi connectivity index (χ1v) is 7.38. The van der Waals surface area contributed by atoms with Crippen LogP contribution in [-0.4, -0.2) is 21.8 Å². The van der Waals surface area contributed by atoms with Crippen LogP contribution >= 0.6 is 11.8 Å². The molecule has 3 heteroatoms. The van der Waals surface area contributed by atoms with Gasteiger partial charge < -0.3 is 0 Å². The zero-order chi connectivity index (χ0) is 12.1. The molecule has 1 aromatic rings. The van der Waals surface area contributed by atoms with Gasteiger partial charge in [-0.15, -0.1) is 0 Å². The second-order valence-electron chi connectivity index (χ2n) is 4.68. The number of carbonyl (C=O) groups is 1. The van der Waals surface area contributed by atoms with E-state index in [0.29, 0.717) is 11.0 Å². The average Bonchev–Trinajstić information content (AvgIpc) is 2.38. The molecule has 2 nitrogen and oxygen atoms in total. The van der Waals surface area contributed by atoms with E-state index in [2.05, 4.69) is 4.98 Å². The molecule has 1 aromatic heterocycles. The van der Waals surface area contributed by atoms with Gasteiger partial charge in [-0.2, -0.15) is 11.8 Å². The average molecular weight is 249 g/mol. The molecule has 0 spiro atoms. The van der Waals surface area contributed by atoms with E-state index in [-0.39, 0.29) is 5.78 Å². The standard InChI is InChI=1S/C14H19NOS/c1-11-7-8-12(9-15-11)14(16)10-17-13-5-3-2-4-6-13/h7-9,13H,2-6,10H2,1H3. The molecule has 0 bridgehead atoms. The van der Waals surface area contributed by atoms with E-state index < -0.39 is 0 Å². The third-order valence-electron chi connectivity index (χ3n) is 3.24. The van der Waals surface area contributed by atoms with Crippen molar-refractivity contribution in [3.05, 3.63) is 29.6 Å². The molecule has 0 N–H and O–H groups in total. The van der Waals surface area contributed by atoms with Crippen molar-refractivity contribution >= 4 is 17.5 Å². The Kier molecular flexibility index (Phi) is 4.60. The largest absolute Gasteiger partial charge is 0.293 e. The Morgan fingerprint density at radius 3 is 2.76 bits per heavy atom. The molecular formula is C14H19NOS. The second-order valence-corrected chi connectivity index (χ2v) is 5.97. The fourth-order valence-corrected chi connectivity index (χ4v) is 3.36. The van der Waals surface area contributed by atoms with Crippen molar-refractivity contribution < 1.29 is 4.79 Å². The van der Waals surface area contributed by atoms with Crippen LogP contribution in [0.3, 0.4) is 0 Å². The van der Waals surface area contributed by atoms with Gasteiger partial charge in [0.15, 0.2) is 5.78 Å². The van der Waals surface area contributed by atoms with Crippen LogP contribution in [0.2, 0.25) is 0 Å². The molecule has 0 saturated heterocycles. The minimum atomic E-state index is 0.216. The summed E-state index contributed by atoms with van der Waals surface area (Å²) in [6.07, 6.45) is 8.29. The van der Waals surface area contributed by atoms with Crippen LogP contribution < -0.4 is 0 Å². The number of ketones is 1. The summed E-state index contributed by atoms with van der Waals surface area (Å²) in [5.41, 5.74) is 1.71. The Balaban J connectivity index is 1.82. The number of nitrogens with zero attached hydrogens (tertiary/aromatic N) is 1. The first-order valence-electron chi connectivity index (χ1n) is 6.33. The van der Waals surface area contributed by atoms with Gasteiger partial charge in [-0.1, -0.05) is 19.3 Å². The molecule has 0 unspecified atom stereocenters. The number of aromatic nitrogens is 1. The summed E-state index contributed by atoms with van der Waals surface area (Å²) in [4.78, 5) is 16.1. The number of hydrogen-bond donors (Lipinski definition) is 0. The monoisotopic (exact) mass is 249 g/mol. The highest BCUT2D eigenvalue weighted by atomic mass is 32.2. The van der Waals surface area contributed by atoms with Crippen LogP contribution in [0.4, 0.5) is 0 Å². The van der Waals surface area contributed by atoms with E-state index in [1.54, 1.807) is 6.20 Å². The van der Waals surface area contributed by atoms with E-state index in [1.165, 1.54) is 32.1 Å². The lowest BCUT2D eigenvalue weighted by molar-refractivity contribution is 0.102. The van der Waals surface area contributed by atoms with Crippen molar-refractivity contribution in [2.45, 2.75) is 44.3 Å². The van der Waals surface area contributed by atoms with Crippen LogP contribution in [0, 0.1) is 6.92 Å². The third-order valence-corrected chi connectivity index (χ3v) is 4.61. The molecule has 0 aliphatic heterocycles. The SMILES string of the molecule is Cc1ccc(C(=O)CSC2CCCCC2)cn1. The highest BCUT2D eigenvalue weighted by Crippen LogP contribution is 2.28. The molecule has 1 aliphatic carbocycles. The minimum Gasteiger partial charge on any atom is -0.293 e. The lowest BCUT2D eigenvalue weighted by Gasteiger charge is -2.20. The van der Waals surface area contributed by atoms with Crippen LogP contribution in [0.1, 0.15) is 48.2 Å². The van der Waals surface area contributed by atoms with Gasteiger partial charge in [0.05, 0.1) is 5.75 Å². The Labute approximate surface area is 107 Å². The molecule has 92 valence electrons. The molecule has 2 rings (SSSR count). The summed E-state index contributed by atoms with van der Waals surface area (Å²) in [5, 5.41) is 0.700. The van der Waals surface area contributed by atoms with Gasteiger partial charge in [-0.3, -0.25) is 9.78 Å². The predicted molar refractivity (Wildman–Crippen MR) is 72.6 cm³/mol. The van der Waals surface area contributed by atoms with Crippen molar-refractivity contribution in [2.75, 3.05) is 5.75 Å². The summed E-state index contributed by atoms with van der Waals surface area (Å²) in [7, 11) is 0. The van der Waals surface area contributed by atoms with Gasteiger partial charge in [0.2, 0.25) is 0 Å². The van der Waals surface area contributed by atoms with Crippen molar-refractivity contribution in [1.82, 2.24) is 4.98 Å². The van der Waals surface area contributed by atoms with E-state index in [0.717, 1.165) is 11.3 Å². The summed E-state index contributed by atoms with van der Waals surface area (Å²) in [6.45, 7) is 1.94. The van der Waals surface area contributed by atoms with Crippen LogP contribution in [0.5, 0.6) is 0 Å². The Bertz CT molecular complexity index is 368. The molecule has 1 fully saturated rings. The summed E-state index contributed by atoms with van der Waals surface area (Å²) in [5.74, 6) is 0.822. The lowest BCUT2D eigenvalue weighted by Crippen LogP contribution is -2.12. The first kappa shape index (κ1) is 12.6. The molecule has 0 aromatic carbocycles. The van der Waals surface area contributed by atoms with Crippen LogP contribution in [0.15, 0.2) is 18.3 Å². The molecule has 1 saturated carbocycles. The summed E-state index contributed by atoms with van der Waals surface area (Å²) >= 11 is 1.83. The fraction of sp³-hybridized carbons (Fsp3) is 0.571. The Morgan fingerprint density at radius 1 is 1.35 bits per heavy atom. The minimum absolute atomic E-state index is 0.216. The maximum Gasteiger partial charge on any atom is 0.174 e. The summed E-state index contributed by atoms with van der Waals surface area (Å²) < 4.78 is 0. The number of thioether (sulfide) groups is 1. The molecule has 0 amide bonds. The van der Waals surface area contributed by atoms with E-state index in [4.69, 9.17) is 0 Å². The Hall–Kier alpha value is -0.830. The van der Waals surface area contributed by atoms with E-state index in [1.807, 2.05) is 30.8 Å². The fourth-order valence-electron chi connectivity index (χ4n) is 2.14. The van der Waals surface area contributed by atoms with Crippen molar-refractivity contribution in [1.29, 1.82) is 0 Å². The molecule has 17 heavy (non-hydrogen) atoms. The van der Waals surface area contributed by atoms with E-state index in [9.17, 15) is 4.79 Å². The number of hydrogen-bond acceptors (Lipinski definition) is 3. The predicted octanol–water partition coefficient (Wildman–Crippen LogP) is 3.64. The third kappa shape index (κ3) is 3.84. The number of aryl methyl sites for hydroxylation is 1. The number of Topliss-reactive ketones (excluding diaryl/α,β-unsaturated/α-hetero) is 1. The smallest absolute Gasteiger partial charge is 0.174 e. The molecule has 0 atom stereocenters. The highest BCUT2D eigenvalue weighted by molar-refractivity contribution is 8.00. The van der Waals surface area contributed by atoms with E-state index >= 15 is 0 Å². The highest BCUT2D eigenvalue weighted by Gasteiger charge is 2.15. The van der Waals surface area contributed by atoms with Gasteiger partial charge in [-0.25, -0.2) is 0 Å². The van der Waals surface area contributed by atoms with Gasteiger partial charge in [-0.05, 0) is 31.9 Å². The van der Waals surface area contributed by atoms with Crippen LogP contribution in [-0.2, 0) is 0 Å². The van der Waals surface area contributed by atoms with Gasteiger partial charge in [0, 0.05) is 22.7 Å². The Morgan fingerprint density at radius 2 is 2.12 bits per heavy atom. The van der Waals surface area contributed by atoms with Gasteiger partial charge in [0.1, 0.15) is 0 Å². The van der Waals surface area contributed by atoms with Crippen molar-refractivity contribution in [3.63, 3.8) is 0 Å². The zero-order valence-electron chi connectivity index (χ0n) is 10.3. The molecule has 1 aliphatic rings. The quantitative estimate of drug-likeness (QED) is 0.763. The zero-order valence-corrected chi connectivity index (χ0v) is 11.1.